The molecule has 2 N–H and O–H groups in total. The lowest BCUT2D eigenvalue weighted by atomic mass is 9.75. The van der Waals surface area contributed by atoms with Crippen molar-refractivity contribution in [2.45, 2.75) is 46.1 Å². The number of carboxylic acid groups (broad SMARTS) is 1. The summed E-state index contributed by atoms with van der Waals surface area (Å²) < 4.78 is 0. The highest BCUT2D eigenvalue weighted by atomic mass is 16.4. The van der Waals surface area contributed by atoms with Gasteiger partial charge in [-0.3, -0.25) is 14.5 Å². The van der Waals surface area contributed by atoms with E-state index in [0.29, 0.717) is 0 Å². The molecule has 6 nitrogen and oxygen atoms in total. The van der Waals surface area contributed by atoms with E-state index in [9.17, 15) is 14.4 Å². The maximum absolute atomic E-state index is 12.3. The molecular weight excluding hydrogens is 236 g/mol. The van der Waals surface area contributed by atoms with Crippen LogP contribution in [0.3, 0.4) is 0 Å². The van der Waals surface area contributed by atoms with E-state index >= 15 is 0 Å². The van der Waals surface area contributed by atoms with E-state index in [1.54, 1.807) is 6.92 Å². The van der Waals surface area contributed by atoms with E-state index in [0.717, 1.165) is 4.90 Å². The quantitative estimate of drug-likeness (QED) is 0.740. The molecule has 1 aliphatic rings. The minimum absolute atomic E-state index is 0.0523. The second-order valence-electron chi connectivity index (χ2n) is 5.76. The Balaban J connectivity index is 2.76. The molecule has 1 rings (SSSR count). The van der Waals surface area contributed by atoms with E-state index in [-0.39, 0.29) is 25.3 Å². The lowest BCUT2D eigenvalue weighted by Crippen LogP contribution is -2.54. The van der Waals surface area contributed by atoms with Gasteiger partial charge in [-0.25, -0.2) is 4.79 Å². The third-order valence-electron chi connectivity index (χ3n) is 3.55. The summed E-state index contributed by atoms with van der Waals surface area (Å²) in [4.78, 5) is 35.5. The molecular formula is C12H20N2O4. The number of rotatable bonds is 4. The first kappa shape index (κ1) is 14.5. The molecule has 0 aromatic rings. The predicted molar refractivity (Wildman–Crippen MR) is 65.0 cm³/mol. The monoisotopic (exact) mass is 256 g/mol. The lowest BCUT2D eigenvalue weighted by molar-refractivity contribution is -0.138. The van der Waals surface area contributed by atoms with Crippen molar-refractivity contribution in [2.75, 3.05) is 6.54 Å². The van der Waals surface area contributed by atoms with Gasteiger partial charge in [-0.2, -0.15) is 0 Å². The predicted octanol–water partition coefficient (Wildman–Crippen LogP) is 1.21. The van der Waals surface area contributed by atoms with Gasteiger partial charge in [0.05, 0.1) is 0 Å². The Kier molecular flexibility index (Phi) is 3.69. The zero-order valence-corrected chi connectivity index (χ0v) is 11.2. The number of urea groups is 1. The molecule has 6 heteroatoms. The molecule has 1 aliphatic heterocycles. The maximum Gasteiger partial charge on any atom is 0.325 e. The minimum Gasteiger partial charge on any atom is -0.481 e. The Morgan fingerprint density at radius 1 is 1.39 bits per heavy atom. The van der Waals surface area contributed by atoms with Gasteiger partial charge < -0.3 is 10.4 Å². The fourth-order valence-corrected chi connectivity index (χ4v) is 1.80. The van der Waals surface area contributed by atoms with Crippen LogP contribution in [0, 0.1) is 5.41 Å². The van der Waals surface area contributed by atoms with Gasteiger partial charge in [-0.05, 0) is 18.8 Å². The second kappa shape index (κ2) is 4.59. The molecule has 0 aromatic carbocycles. The minimum atomic E-state index is -0.937. The summed E-state index contributed by atoms with van der Waals surface area (Å²) in [7, 11) is 0. The first-order valence-electron chi connectivity index (χ1n) is 5.95. The lowest BCUT2D eigenvalue weighted by Gasteiger charge is -2.35. The Morgan fingerprint density at radius 3 is 2.33 bits per heavy atom. The van der Waals surface area contributed by atoms with Crippen LogP contribution < -0.4 is 5.32 Å². The molecule has 1 atom stereocenters. The first-order valence-corrected chi connectivity index (χ1v) is 5.95. The smallest absolute Gasteiger partial charge is 0.325 e. The maximum atomic E-state index is 12.3. The van der Waals surface area contributed by atoms with Gasteiger partial charge in [0.15, 0.2) is 0 Å². The first-order chi connectivity index (χ1) is 8.09. The normalized spacial score (nSPS) is 24.3. The van der Waals surface area contributed by atoms with Crippen LogP contribution in [-0.2, 0) is 9.59 Å². The highest BCUT2D eigenvalue weighted by Crippen LogP contribution is 2.35. The van der Waals surface area contributed by atoms with Crippen LogP contribution in [0.4, 0.5) is 4.79 Å². The number of carboxylic acids is 1. The largest absolute Gasteiger partial charge is 0.481 e. The van der Waals surface area contributed by atoms with Crippen LogP contribution >= 0.6 is 0 Å². The van der Waals surface area contributed by atoms with Gasteiger partial charge in [-0.1, -0.05) is 20.8 Å². The van der Waals surface area contributed by atoms with Crippen molar-refractivity contribution in [3.63, 3.8) is 0 Å². The summed E-state index contributed by atoms with van der Waals surface area (Å²) in [6.45, 7) is 7.48. The number of nitrogens with zero attached hydrogens (tertiary/aromatic N) is 1. The summed E-state index contributed by atoms with van der Waals surface area (Å²) in [5, 5.41) is 11.2. The number of carbonyl (C=O) groups is 3. The van der Waals surface area contributed by atoms with Gasteiger partial charge >= 0.3 is 12.0 Å². The fourth-order valence-electron chi connectivity index (χ4n) is 1.80. The van der Waals surface area contributed by atoms with Gasteiger partial charge in [0.2, 0.25) is 0 Å². The molecule has 0 radical (unpaired) electrons. The van der Waals surface area contributed by atoms with Gasteiger partial charge in [0.1, 0.15) is 5.54 Å². The van der Waals surface area contributed by atoms with Crippen molar-refractivity contribution in [2.24, 2.45) is 5.41 Å². The average Bonchev–Trinajstić information content (AvgIpc) is 2.41. The van der Waals surface area contributed by atoms with Crippen LogP contribution in [-0.4, -0.2) is 40.0 Å². The summed E-state index contributed by atoms with van der Waals surface area (Å²) in [6.07, 6.45) is 0.220. The molecule has 1 heterocycles. The van der Waals surface area contributed by atoms with E-state index in [1.807, 2.05) is 20.8 Å². The van der Waals surface area contributed by atoms with Crippen molar-refractivity contribution < 1.29 is 19.5 Å². The second-order valence-corrected chi connectivity index (χ2v) is 5.76. The van der Waals surface area contributed by atoms with Crippen LogP contribution in [0.2, 0.25) is 0 Å². The number of imide groups is 1. The van der Waals surface area contributed by atoms with Gasteiger partial charge in [0, 0.05) is 13.0 Å². The van der Waals surface area contributed by atoms with Crippen molar-refractivity contribution in [3.8, 4) is 0 Å². The van der Waals surface area contributed by atoms with Crippen molar-refractivity contribution >= 4 is 17.9 Å². The zero-order valence-electron chi connectivity index (χ0n) is 11.2. The number of carbonyl (C=O) groups excluding carboxylic acids is 2. The molecule has 3 amide bonds. The molecule has 0 aliphatic carbocycles. The van der Waals surface area contributed by atoms with Crippen LogP contribution in [0.1, 0.15) is 40.5 Å². The molecule has 1 saturated heterocycles. The summed E-state index contributed by atoms with van der Waals surface area (Å²) in [5.74, 6) is -1.22. The van der Waals surface area contributed by atoms with E-state index in [4.69, 9.17) is 5.11 Å². The Bertz CT molecular complexity index is 386. The standard InChI is InChI=1S/C12H20N2O4/c1-11(2,3)12(4)9(17)14(10(18)13-12)7-5-6-8(15)16/h5-7H2,1-4H3,(H,13,18)(H,15,16). The average molecular weight is 256 g/mol. The number of aliphatic carboxylic acids is 1. The highest BCUT2D eigenvalue weighted by Gasteiger charge is 2.54. The number of hydrogen-bond acceptors (Lipinski definition) is 3. The topological polar surface area (TPSA) is 86.7 Å². The van der Waals surface area contributed by atoms with E-state index in [1.165, 1.54) is 0 Å². The zero-order chi connectivity index (χ0) is 14.1. The Morgan fingerprint density at radius 2 is 1.94 bits per heavy atom. The number of hydrogen-bond donors (Lipinski definition) is 2. The summed E-state index contributed by atoms with van der Waals surface area (Å²) >= 11 is 0. The van der Waals surface area contributed by atoms with Gasteiger partial charge in [0.25, 0.3) is 5.91 Å². The van der Waals surface area contributed by atoms with Crippen molar-refractivity contribution in [3.05, 3.63) is 0 Å². The number of amides is 3. The van der Waals surface area contributed by atoms with Crippen LogP contribution in [0.15, 0.2) is 0 Å². The van der Waals surface area contributed by atoms with E-state index < -0.39 is 23.0 Å². The fraction of sp³-hybridized carbons (Fsp3) is 0.750. The summed E-state index contributed by atoms with van der Waals surface area (Å²) in [5.41, 5.74) is -1.34. The molecule has 102 valence electrons. The molecule has 0 saturated carbocycles. The molecule has 0 spiro atoms. The van der Waals surface area contributed by atoms with Crippen LogP contribution in [0.25, 0.3) is 0 Å². The van der Waals surface area contributed by atoms with Crippen LogP contribution in [0.5, 0.6) is 0 Å². The Labute approximate surface area is 106 Å². The molecule has 0 aromatic heterocycles. The molecule has 1 fully saturated rings. The molecule has 1 unspecified atom stereocenters. The third-order valence-corrected chi connectivity index (χ3v) is 3.55. The summed E-state index contributed by atoms with van der Waals surface area (Å²) in [6, 6.07) is -0.442. The van der Waals surface area contributed by atoms with Gasteiger partial charge in [-0.15, -0.1) is 0 Å². The molecule has 0 bridgehead atoms. The Hall–Kier alpha value is -1.59. The van der Waals surface area contributed by atoms with Crippen molar-refractivity contribution in [1.29, 1.82) is 0 Å². The van der Waals surface area contributed by atoms with Crippen molar-refractivity contribution in [1.82, 2.24) is 10.2 Å². The molecule has 18 heavy (non-hydrogen) atoms. The number of nitrogens with one attached hydrogen (secondary N) is 1. The SMILES string of the molecule is CC(C)(C)C1(C)NC(=O)N(CCCC(=O)O)C1=O. The third kappa shape index (κ3) is 2.47. The highest BCUT2D eigenvalue weighted by molar-refractivity contribution is 6.07. The van der Waals surface area contributed by atoms with E-state index in [2.05, 4.69) is 5.32 Å².